The van der Waals surface area contributed by atoms with Crippen LogP contribution in [-0.2, 0) is 12.8 Å². The molecule has 4 aromatic rings. The van der Waals surface area contributed by atoms with E-state index in [-0.39, 0.29) is 0 Å². The minimum atomic E-state index is 0.684. The normalized spacial score (nSPS) is 11.9. The van der Waals surface area contributed by atoms with Crippen molar-refractivity contribution in [2.24, 2.45) is 10.9 Å². The summed E-state index contributed by atoms with van der Waals surface area (Å²) in [4.78, 5) is 4.64. The third-order valence-electron chi connectivity index (χ3n) is 6.27. The number of rotatable bonds is 8. The van der Waals surface area contributed by atoms with Crippen molar-refractivity contribution in [3.63, 3.8) is 0 Å². The highest BCUT2D eigenvalue weighted by atomic mass is 14.7. The highest BCUT2D eigenvalue weighted by Gasteiger charge is 2.02. The fraction of sp³-hybridized carbons (Fsp3) is 0.188. The average Bonchev–Trinajstić information content (AvgIpc) is 2.89. The first-order chi connectivity index (χ1) is 16.6. The van der Waals surface area contributed by atoms with Gasteiger partial charge < -0.3 is 0 Å². The van der Waals surface area contributed by atoms with Gasteiger partial charge >= 0.3 is 0 Å². The van der Waals surface area contributed by atoms with E-state index in [9.17, 15) is 0 Å². The van der Waals surface area contributed by atoms with Crippen LogP contribution in [0.1, 0.15) is 48.1 Å². The number of aliphatic imine (C=N–C) groups is 1. The van der Waals surface area contributed by atoms with Crippen LogP contribution in [0.15, 0.2) is 102 Å². The number of nitriles is 1. The van der Waals surface area contributed by atoms with Gasteiger partial charge in [-0.2, -0.15) is 5.26 Å². The molecule has 0 unspecified atom stereocenters. The summed E-state index contributed by atoms with van der Waals surface area (Å²) in [5, 5.41) is 8.96. The van der Waals surface area contributed by atoms with Crippen LogP contribution in [0.4, 0.5) is 5.69 Å². The van der Waals surface area contributed by atoms with Crippen LogP contribution < -0.4 is 0 Å². The fourth-order valence-electron chi connectivity index (χ4n) is 3.92. The Kier molecular flexibility index (Phi) is 7.68. The van der Waals surface area contributed by atoms with E-state index in [1.165, 1.54) is 23.1 Å². The Morgan fingerprint density at radius 3 is 1.82 bits per heavy atom. The first kappa shape index (κ1) is 23.2. The summed E-state index contributed by atoms with van der Waals surface area (Å²) < 4.78 is 0. The lowest BCUT2D eigenvalue weighted by Gasteiger charge is -2.08. The first-order valence-corrected chi connectivity index (χ1v) is 11.9. The van der Waals surface area contributed by atoms with Crippen LogP contribution in [0.3, 0.4) is 0 Å². The molecule has 168 valence electrons. The third-order valence-corrected chi connectivity index (χ3v) is 6.27. The van der Waals surface area contributed by atoms with Gasteiger partial charge in [0.05, 0.1) is 17.3 Å². The predicted molar refractivity (Wildman–Crippen MR) is 143 cm³/mol. The summed E-state index contributed by atoms with van der Waals surface area (Å²) >= 11 is 0. The Labute approximate surface area is 203 Å². The maximum absolute atomic E-state index is 8.96. The maximum atomic E-state index is 8.96. The predicted octanol–water partition coefficient (Wildman–Crippen LogP) is 8.16. The van der Waals surface area contributed by atoms with E-state index in [2.05, 4.69) is 97.7 Å². The van der Waals surface area contributed by atoms with Gasteiger partial charge in [0.15, 0.2) is 0 Å². The lowest BCUT2D eigenvalue weighted by molar-refractivity contribution is 0.560. The average molecular weight is 443 g/mol. The first-order valence-electron chi connectivity index (χ1n) is 11.9. The lowest BCUT2D eigenvalue weighted by atomic mass is 9.99. The molecule has 34 heavy (non-hydrogen) atoms. The van der Waals surface area contributed by atoms with Crippen molar-refractivity contribution in [1.29, 1.82) is 5.26 Å². The summed E-state index contributed by atoms with van der Waals surface area (Å²) in [6, 6.07) is 35.7. The van der Waals surface area contributed by atoms with Gasteiger partial charge in [0.1, 0.15) is 0 Å². The van der Waals surface area contributed by atoms with Crippen molar-refractivity contribution in [3.05, 3.63) is 125 Å². The van der Waals surface area contributed by atoms with Gasteiger partial charge in [-0.25, -0.2) is 0 Å². The quantitative estimate of drug-likeness (QED) is 0.254. The molecule has 0 aliphatic rings. The number of benzene rings is 4. The minimum absolute atomic E-state index is 0.684. The van der Waals surface area contributed by atoms with Crippen molar-refractivity contribution in [2.75, 3.05) is 0 Å². The summed E-state index contributed by atoms with van der Waals surface area (Å²) in [5.74, 6) is 0.716. The lowest BCUT2D eigenvalue weighted by Crippen LogP contribution is -1.96. The van der Waals surface area contributed by atoms with Gasteiger partial charge in [-0.1, -0.05) is 93.1 Å². The Morgan fingerprint density at radius 2 is 1.26 bits per heavy atom. The monoisotopic (exact) mass is 442 g/mol. The van der Waals surface area contributed by atoms with E-state index >= 15 is 0 Å². The van der Waals surface area contributed by atoms with E-state index in [1.54, 1.807) is 0 Å². The molecule has 2 heteroatoms. The molecule has 0 amide bonds. The molecule has 0 saturated carbocycles. The number of nitrogens with zero attached hydrogens (tertiary/aromatic N) is 2. The van der Waals surface area contributed by atoms with Crippen molar-refractivity contribution < 1.29 is 0 Å². The molecule has 1 atom stereocenters. The molecule has 0 aliphatic heterocycles. The molecule has 0 aliphatic carbocycles. The van der Waals surface area contributed by atoms with Gasteiger partial charge in [0, 0.05) is 6.21 Å². The fourth-order valence-corrected chi connectivity index (χ4v) is 3.92. The molecule has 0 heterocycles. The highest BCUT2D eigenvalue weighted by molar-refractivity contribution is 5.82. The summed E-state index contributed by atoms with van der Waals surface area (Å²) in [6.07, 6.45) is 5.16. The zero-order valence-electron chi connectivity index (χ0n) is 19.9. The molecule has 0 aromatic heterocycles. The van der Waals surface area contributed by atoms with Crippen LogP contribution in [0.5, 0.6) is 0 Å². The largest absolute Gasteiger partial charge is 0.256 e. The zero-order valence-corrected chi connectivity index (χ0v) is 19.9. The Morgan fingerprint density at radius 1 is 0.735 bits per heavy atom. The maximum Gasteiger partial charge on any atom is 0.0991 e. The van der Waals surface area contributed by atoms with Crippen LogP contribution in [0, 0.1) is 17.2 Å². The van der Waals surface area contributed by atoms with Crippen molar-refractivity contribution >= 4 is 11.9 Å². The Balaban J connectivity index is 1.35. The minimum Gasteiger partial charge on any atom is -0.256 e. The van der Waals surface area contributed by atoms with E-state index < -0.39 is 0 Å². The Hall–Kier alpha value is -3.96. The molecular weight excluding hydrogens is 412 g/mol. The van der Waals surface area contributed by atoms with Gasteiger partial charge in [-0.05, 0) is 76.4 Å². The van der Waals surface area contributed by atoms with E-state index in [0.29, 0.717) is 11.5 Å². The zero-order chi connectivity index (χ0) is 23.8. The molecule has 2 nitrogen and oxygen atoms in total. The smallest absolute Gasteiger partial charge is 0.0991 e. The van der Waals surface area contributed by atoms with Crippen LogP contribution >= 0.6 is 0 Å². The Bertz CT molecular complexity index is 1260. The molecule has 0 N–H and O–H groups in total. The van der Waals surface area contributed by atoms with Gasteiger partial charge in [0.25, 0.3) is 0 Å². The molecule has 0 radical (unpaired) electrons. The number of hydrogen-bond donors (Lipinski definition) is 0. The molecule has 0 fully saturated rings. The van der Waals surface area contributed by atoms with E-state index in [1.807, 2.05) is 30.5 Å². The standard InChI is InChI=1S/C32H30N2/c1-3-24(2)20-25-12-18-32(19-13-25)34-23-29-6-4-26(5-7-29)21-27-8-14-30(15-9-27)31-16-10-28(22-33)11-17-31/h4-19,23-24H,3,20-21H2,1-2H3/b34-23+/t24-/m1/s1. The van der Waals surface area contributed by atoms with Crippen molar-refractivity contribution in [2.45, 2.75) is 33.1 Å². The van der Waals surface area contributed by atoms with E-state index in [4.69, 9.17) is 5.26 Å². The topological polar surface area (TPSA) is 36.1 Å². The van der Waals surface area contributed by atoms with Crippen LogP contribution in [0.25, 0.3) is 11.1 Å². The summed E-state index contributed by atoms with van der Waals surface area (Å²) in [5.41, 5.74) is 8.98. The second-order valence-corrected chi connectivity index (χ2v) is 8.95. The van der Waals surface area contributed by atoms with Crippen LogP contribution in [-0.4, -0.2) is 6.21 Å². The summed E-state index contributed by atoms with van der Waals surface area (Å²) in [7, 11) is 0. The van der Waals surface area contributed by atoms with Crippen molar-refractivity contribution in [3.8, 4) is 17.2 Å². The van der Waals surface area contributed by atoms with Crippen molar-refractivity contribution in [1.82, 2.24) is 0 Å². The molecule has 0 spiro atoms. The van der Waals surface area contributed by atoms with Crippen LogP contribution in [0.2, 0.25) is 0 Å². The van der Waals surface area contributed by atoms with E-state index in [0.717, 1.165) is 35.2 Å². The third kappa shape index (κ3) is 6.30. The second kappa shape index (κ2) is 11.3. The second-order valence-electron chi connectivity index (χ2n) is 8.95. The van der Waals surface area contributed by atoms with Gasteiger partial charge in [0.2, 0.25) is 0 Å². The van der Waals surface area contributed by atoms with Gasteiger partial charge in [-0.3, -0.25) is 4.99 Å². The highest BCUT2D eigenvalue weighted by Crippen LogP contribution is 2.22. The molecule has 4 rings (SSSR count). The SMILES string of the molecule is CC[C@@H](C)Cc1ccc(/N=C/c2ccc(Cc3ccc(-c4ccc(C#N)cc4)cc3)cc2)cc1. The number of hydrogen-bond acceptors (Lipinski definition) is 2. The van der Waals surface area contributed by atoms with Gasteiger partial charge in [-0.15, -0.1) is 0 Å². The molecular formula is C32H30N2. The molecule has 0 saturated heterocycles. The molecule has 0 bridgehead atoms. The summed E-state index contributed by atoms with van der Waals surface area (Å²) in [6.45, 7) is 4.53. The molecule has 4 aromatic carbocycles.